The van der Waals surface area contributed by atoms with Crippen LogP contribution in [0.4, 0.5) is 4.39 Å². The molecule has 0 radical (unpaired) electrons. The van der Waals surface area contributed by atoms with Gasteiger partial charge in [0.05, 0.1) is 0 Å². The van der Waals surface area contributed by atoms with Crippen molar-refractivity contribution in [3.8, 4) is 0 Å². The Hall–Kier alpha value is -0.370. The van der Waals surface area contributed by atoms with Crippen molar-refractivity contribution in [2.75, 3.05) is 6.54 Å². The number of alkyl halides is 1. The van der Waals surface area contributed by atoms with Gasteiger partial charge in [0.25, 0.3) is 0 Å². The Morgan fingerprint density at radius 2 is 2.31 bits per heavy atom. The van der Waals surface area contributed by atoms with E-state index in [-0.39, 0.29) is 0 Å². The maximum Gasteiger partial charge on any atom is 0.130 e. The van der Waals surface area contributed by atoms with Crippen LogP contribution in [0.25, 0.3) is 0 Å². The van der Waals surface area contributed by atoms with Crippen LogP contribution in [-0.2, 0) is 0 Å². The summed E-state index contributed by atoms with van der Waals surface area (Å²) in [7, 11) is 0. The molecule has 1 aliphatic rings. The Bertz CT molecular complexity index is 181. The number of hydrogen-bond acceptors (Lipinski definition) is 1. The van der Waals surface area contributed by atoms with Crippen LogP contribution in [0.1, 0.15) is 39.5 Å². The first-order valence-corrected chi connectivity index (χ1v) is 5.10. The maximum atomic E-state index is 13.9. The van der Waals surface area contributed by atoms with Crippen molar-refractivity contribution < 1.29 is 4.39 Å². The van der Waals surface area contributed by atoms with Crippen molar-refractivity contribution >= 4 is 0 Å². The minimum absolute atomic E-state index is 0.348. The lowest BCUT2D eigenvalue weighted by atomic mass is 9.89. The van der Waals surface area contributed by atoms with Crippen LogP contribution in [0.2, 0.25) is 0 Å². The lowest BCUT2D eigenvalue weighted by Crippen LogP contribution is -2.39. The summed E-state index contributed by atoms with van der Waals surface area (Å²) < 4.78 is 13.9. The van der Waals surface area contributed by atoms with Crippen molar-refractivity contribution in [2.45, 2.75) is 51.2 Å². The van der Waals surface area contributed by atoms with Gasteiger partial charge in [0.2, 0.25) is 0 Å². The Balaban J connectivity index is 2.41. The minimum atomic E-state index is -1.20. The molecule has 1 fully saturated rings. The van der Waals surface area contributed by atoms with Crippen LogP contribution >= 0.6 is 0 Å². The molecule has 1 saturated heterocycles. The first kappa shape index (κ1) is 10.7. The van der Waals surface area contributed by atoms with Crippen LogP contribution in [0.15, 0.2) is 12.2 Å². The molecule has 0 aromatic carbocycles. The maximum absolute atomic E-state index is 13.9. The summed E-state index contributed by atoms with van der Waals surface area (Å²) >= 11 is 0. The van der Waals surface area contributed by atoms with Crippen LogP contribution in [0, 0.1) is 0 Å². The Morgan fingerprint density at radius 1 is 1.62 bits per heavy atom. The molecular weight excluding hydrogens is 165 g/mol. The van der Waals surface area contributed by atoms with Crippen molar-refractivity contribution in [3.05, 3.63) is 12.2 Å². The Kier molecular flexibility index (Phi) is 3.48. The Morgan fingerprint density at radius 3 is 2.77 bits per heavy atom. The third-order valence-electron chi connectivity index (χ3n) is 2.93. The number of hydrogen-bond donors (Lipinski definition) is 1. The topological polar surface area (TPSA) is 12.0 Å². The largest absolute Gasteiger partial charge is 0.314 e. The first-order chi connectivity index (χ1) is 6.02. The van der Waals surface area contributed by atoms with Gasteiger partial charge in [-0.3, -0.25) is 0 Å². The normalized spacial score (nSPS) is 28.1. The molecule has 1 heterocycles. The number of allylic oxidation sites excluding steroid dienone is 1. The highest BCUT2D eigenvalue weighted by molar-refractivity contribution is 5.08. The molecule has 0 saturated carbocycles. The number of halogens is 1. The van der Waals surface area contributed by atoms with Crippen molar-refractivity contribution in [1.82, 2.24) is 5.32 Å². The summed E-state index contributed by atoms with van der Waals surface area (Å²) in [4.78, 5) is 0. The summed E-state index contributed by atoms with van der Waals surface area (Å²) in [5.74, 6) is 0. The molecule has 2 unspecified atom stereocenters. The van der Waals surface area contributed by atoms with Gasteiger partial charge in [-0.1, -0.05) is 13.0 Å². The monoisotopic (exact) mass is 185 g/mol. The van der Waals surface area contributed by atoms with Gasteiger partial charge in [0.1, 0.15) is 5.67 Å². The summed E-state index contributed by atoms with van der Waals surface area (Å²) in [6.07, 6.45) is 4.13. The molecule has 2 atom stereocenters. The predicted octanol–water partition coefficient (Wildman–Crippen LogP) is 2.82. The lowest BCUT2D eigenvalue weighted by Gasteiger charge is -2.30. The summed E-state index contributed by atoms with van der Waals surface area (Å²) in [6.45, 7) is 8.13. The fourth-order valence-electron chi connectivity index (χ4n) is 1.74. The van der Waals surface area contributed by atoms with E-state index in [1.807, 2.05) is 0 Å². The molecule has 0 amide bonds. The van der Waals surface area contributed by atoms with Crippen LogP contribution in [0.5, 0.6) is 0 Å². The molecule has 13 heavy (non-hydrogen) atoms. The van der Waals surface area contributed by atoms with E-state index in [1.54, 1.807) is 13.8 Å². The second-order valence-corrected chi connectivity index (χ2v) is 4.33. The number of rotatable bonds is 3. The SMILES string of the molecule is C=C(C)C(C)(F)CC1CCCCN1. The molecule has 0 aromatic rings. The zero-order valence-corrected chi connectivity index (χ0v) is 8.70. The van der Waals surface area contributed by atoms with E-state index in [0.29, 0.717) is 18.0 Å². The highest BCUT2D eigenvalue weighted by atomic mass is 19.1. The molecule has 76 valence electrons. The fourth-order valence-corrected chi connectivity index (χ4v) is 1.74. The van der Waals surface area contributed by atoms with E-state index in [0.717, 1.165) is 13.0 Å². The van der Waals surface area contributed by atoms with E-state index in [9.17, 15) is 4.39 Å². The molecule has 1 rings (SSSR count). The molecule has 1 nitrogen and oxygen atoms in total. The van der Waals surface area contributed by atoms with Gasteiger partial charge in [-0.25, -0.2) is 4.39 Å². The quantitative estimate of drug-likeness (QED) is 0.667. The molecule has 0 aliphatic carbocycles. The van der Waals surface area contributed by atoms with Gasteiger partial charge in [-0.2, -0.15) is 0 Å². The fraction of sp³-hybridized carbons (Fsp3) is 0.818. The molecule has 0 spiro atoms. The number of nitrogens with one attached hydrogen (secondary N) is 1. The summed E-state index contributed by atoms with van der Waals surface area (Å²) in [5.41, 5.74) is -0.561. The van der Waals surface area contributed by atoms with Gasteiger partial charge in [-0.15, -0.1) is 0 Å². The standard InChI is InChI=1S/C11H20FN/c1-9(2)11(3,12)8-10-6-4-5-7-13-10/h10,13H,1,4-8H2,2-3H3. The van der Waals surface area contributed by atoms with E-state index in [1.165, 1.54) is 12.8 Å². The van der Waals surface area contributed by atoms with E-state index < -0.39 is 5.67 Å². The molecular formula is C11H20FN. The number of piperidine rings is 1. The van der Waals surface area contributed by atoms with Crippen molar-refractivity contribution in [1.29, 1.82) is 0 Å². The highest BCUT2D eigenvalue weighted by Crippen LogP contribution is 2.27. The average Bonchev–Trinajstić information content (AvgIpc) is 2.05. The minimum Gasteiger partial charge on any atom is -0.314 e. The highest BCUT2D eigenvalue weighted by Gasteiger charge is 2.28. The second-order valence-electron chi connectivity index (χ2n) is 4.33. The van der Waals surface area contributed by atoms with Gasteiger partial charge in [0.15, 0.2) is 0 Å². The van der Waals surface area contributed by atoms with E-state index >= 15 is 0 Å². The second kappa shape index (κ2) is 4.23. The van der Waals surface area contributed by atoms with Crippen LogP contribution < -0.4 is 5.32 Å². The first-order valence-electron chi connectivity index (χ1n) is 5.10. The van der Waals surface area contributed by atoms with Crippen molar-refractivity contribution in [3.63, 3.8) is 0 Å². The zero-order chi connectivity index (χ0) is 9.90. The third kappa shape index (κ3) is 3.11. The third-order valence-corrected chi connectivity index (χ3v) is 2.93. The van der Waals surface area contributed by atoms with Gasteiger partial charge in [-0.05, 0) is 38.8 Å². The molecule has 2 heteroatoms. The zero-order valence-electron chi connectivity index (χ0n) is 8.70. The van der Waals surface area contributed by atoms with E-state index in [4.69, 9.17) is 0 Å². The predicted molar refractivity (Wildman–Crippen MR) is 54.6 cm³/mol. The molecule has 1 N–H and O–H groups in total. The van der Waals surface area contributed by atoms with Crippen LogP contribution in [-0.4, -0.2) is 18.3 Å². The van der Waals surface area contributed by atoms with Gasteiger partial charge < -0.3 is 5.32 Å². The molecule has 0 bridgehead atoms. The lowest BCUT2D eigenvalue weighted by molar-refractivity contribution is 0.186. The van der Waals surface area contributed by atoms with Gasteiger partial charge in [0, 0.05) is 12.5 Å². The Labute approximate surface area is 80.4 Å². The molecule has 1 aliphatic heterocycles. The van der Waals surface area contributed by atoms with Crippen LogP contribution in [0.3, 0.4) is 0 Å². The molecule has 0 aromatic heterocycles. The van der Waals surface area contributed by atoms with Crippen molar-refractivity contribution in [2.24, 2.45) is 0 Å². The summed E-state index contributed by atoms with van der Waals surface area (Å²) in [6, 6.07) is 0.348. The van der Waals surface area contributed by atoms with Gasteiger partial charge >= 0.3 is 0 Å². The summed E-state index contributed by atoms with van der Waals surface area (Å²) in [5, 5.41) is 3.35. The average molecular weight is 185 g/mol. The smallest absolute Gasteiger partial charge is 0.130 e. The van der Waals surface area contributed by atoms with E-state index in [2.05, 4.69) is 11.9 Å².